The van der Waals surface area contributed by atoms with Gasteiger partial charge in [0.25, 0.3) is 0 Å². The Kier molecular flexibility index (Phi) is 6.75. The van der Waals surface area contributed by atoms with Crippen molar-refractivity contribution in [2.45, 2.75) is 77.0 Å². The first-order chi connectivity index (χ1) is 14.6. The van der Waals surface area contributed by atoms with Crippen LogP contribution in [0.1, 0.15) is 93.0 Å². The highest BCUT2D eigenvalue weighted by atomic mass is 19.1. The molecule has 2 aromatic carbocycles. The van der Waals surface area contributed by atoms with Gasteiger partial charge in [0.15, 0.2) is 0 Å². The van der Waals surface area contributed by atoms with Crippen molar-refractivity contribution in [2.75, 3.05) is 7.11 Å². The Balaban J connectivity index is 1.45. The highest BCUT2D eigenvalue weighted by molar-refractivity contribution is 5.95. The second kappa shape index (κ2) is 9.49. The Bertz CT molecular complexity index is 890. The van der Waals surface area contributed by atoms with Crippen molar-refractivity contribution in [3.05, 3.63) is 47.3 Å². The smallest absolute Gasteiger partial charge is 0.337 e. The third-order valence-electron chi connectivity index (χ3n) is 7.78. The zero-order chi connectivity index (χ0) is 21.1. The van der Waals surface area contributed by atoms with E-state index in [0.29, 0.717) is 16.9 Å². The molecule has 0 saturated heterocycles. The molecule has 2 aromatic rings. The van der Waals surface area contributed by atoms with E-state index in [1.54, 1.807) is 18.2 Å². The average molecular weight is 411 g/mol. The summed E-state index contributed by atoms with van der Waals surface area (Å²) < 4.78 is 20.2. The number of carbonyl (C=O) groups is 1. The van der Waals surface area contributed by atoms with Crippen molar-refractivity contribution in [3.8, 4) is 0 Å². The van der Waals surface area contributed by atoms with Crippen molar-refractivity contribution >= 4 is 16.7 Å². The van der Waals surface area contributed by atoms with Crippen LogP contribution in [0.4, 0.5) is 4.39 Å². The lowest BCUT2D eigenvalue weighted by Crippen LogP contribution is -2.30. The summed E-state index contributed by atoms with van der Waals surface area (Å²) in [6.45, 7) is 2.28. The Morgan fingerprint density at radius 1 is 1.03 bits per heavy atom. The molecule has 4 unspecified atom stereocenters. The van der Waals surface area contributed by atoms with Crippen molar-refractivity contribution in [1.82, 2.24) is 0 Å². The molecule has 0 bridgehead atoms. The third-order valence-corrected chi connectivity index (χ3v) is 7.78. The maximum Gasteiger partial charge on any atom is 0.337 e. The van der Waals surface area contributed by atoms with Crippen LogP contribution in [0.25, 0.3) is 10.8 Å². The molecule has 4 rings (SSSR count). The van der Waals surface area contributed by atoms with Gasteiger partial charge in [0.2, 0.25) is 0 Å². The third kappa shape index (κ3) is 4.40. The molecule has 0 heterocycles. The molecule has 2 saturated carbocycles. The number of benzene rings is 2. The van der Waals surface area contributed by atoms with E-state index in [1.165, 1.54) is 58.5 Å². The summed E-state index contributed by atoms with van der Waals surface area (Å²) in [5.41, 5.74) is 1.34. The van der Waals surface area contributed by atoms with E-state index in [1.807, 2.05) is 12.1 Å². The zero-order valence-electron chi connectivity index (χ0n) is 18.5. The fourth-order valence-electron chi connectivity index (χ4n) is 6.08. The molecule has 0 amide bonds. The quantitative estimate of drug-likeness (QED) is 0.361. The fraction of sp³-hybridized carbons (Fsp3) is 0.593. The van der Waals surface area contributed by atoms with Gasteiger partial charge >= 0.3 is 5.97 Å². The van der Waals surface area contributed by atoms with Gasteiger partial charge in [0.05, 0.1) is 12.7 Å². The van der Waals surface area contributed by atoms with Crippen LogP contribution in [0.2, 0.25) is 0 Å². The van der Waals surface area contributed by atoms with Crippen molar-refractivity contribution in [2.24, 2.45) is 17.8 Å². The monoisotopic (exact) mass is 410 g/mol. The van der Waals surface area contributed by atoms with E-state index in [4.69, 9.17) is 4.74 Å². The largest absolute Gasteiger partial charge is 0.465 e. The molecule has 2 aliphatic rings. The van der Waals surface area contributed by atoms with Crippen LogP contribution in [0, 0.1) is 23.6 Å². The Morgan fingerprint density at radius 3 is 2.63 bits per heavy atom. The molecule has 0 N–H and O–H groups in total. The number of esters is 1. The molecule has 162 valence electrons. The summed E-state index contributed by atoms with van der Waals surface area (Å²) in [7, 11) is 1.37. The Morgan fingerprint density at radius 2 is 1.83 bits per heavy atom. The summed E-state index contributed by atoms with van der Waals surface area (Å²) in [5.74, 6) is 2.39. The van der Waals surface area contributed by atoms with Gasteiger partial charge < -0.3 is 4.74 Å². The summed E-state index contributed by atoms with van der Waals surface area (Å²) in [5, 5.41) is 1.38. The van der Waals surface area contributed by atoms with Crippen LogP contribution in [0.15, 0.2) is 30.3 Å². The first-order valence-electron chi connectivity index (χ1n) is 11.9. The van der Waals surface area contributed by atoms with Crippen LogP contribution in [0.5, 0.6) is 0 Å². The van der Waals surface area contributed by atoms with Gasteiger partial charge in [-0.05, 0) is 78.9 Å². The molecule has 2 aliphatic carbocycles. The average Bonchev–Trinajstić information content (AvgIpc) is 2.78. The summed E-state index contributed by atoms with van der Waals surface area (Å²) in [6, 6.07) is 9.05. The van der Waals surface area contributed by atoms with Crippen molar-refractivity contribution in [3.63, 3.8) is 0 Å². The summed E-state index contributed by atoms with van der Waals surface area (Å²) >= 11 is 0. The van der Waals surface area contributed by atoms with Gasteiger partial charge in [-0.15, -0.1) is 0 Å². The lowest BCUT2D eigenvalue weighted by Gasteiger charge is -2.42. The second-order valence-electron chi connectivity index (χ2n) is 9.60. The van der Waals surface area contributed by atoms with E-state index in [2.05, 4.69) is 6.92 Å². The minimum atomic E-state index is -0.384. The van der Waals surface area contributed by atoms with E-state index in [9.17, 15) is 4.79 Å². The fourth-order valence-corrected chi connectivity index (χ4v) is 6.08. The normalized spacial score (nSPS) is 26.4. The first kappa shape index (κ1) is 21.3. The van der Waals surface area contributed by atoms with Crippen LogP contribution < -0.4 is 0 Å². The summed E-state index contributed by atoms with van der Waals surface area (Å²) in [6.07, 6.45) is 13.1. The van der Waals surface area contributed by atoms with E-state index < -0.39 is 0 Å². The molecule has 2 nitrogen and oxygen atoms in total. The molecular formula is C27H35FO2. The standard InChI is InChI=1S/C27H35FO2/c1-3-4-5-6-18-7-8-20-16-21(10-9-19(20)15-18)24-13-11-22-17-23(27(29)30-2)12-14-25(22)26(24)28/h11-14,17-21H,3-10,15-16H2,1-2H3. The Labute approximate surface area is 180 Å². The van der Waals surface area contributed by atoms with Gasteiger partial charge in [-0.2, -0.15) is 0 Å². The predicted molar refractivity (Wildman–Crippen MR) is 120 cm³/mol. The number of rotatable bonds is 6. The lowest BCUT2D eigenvalue weighted by atomic mass is 9.63. The number of fused-ring (bicyclic) bond motifs is 2. The molecule has 0 aliphatic heterocycles. The molecule has 3 heteroatoms. The van der Waals surface area contributed by atoms with Crippen LogP contribution in [0.3, 0.4) is 0 Å². The molecule has 0 radical (unpaired) electrons. The zero-order valence-corrected chi connectivity index (χ0v) is 18.5. The topological polar surface area (TPSA) is 26.3 Å². The van der Waals surface area contributed by atoms with Gasteiger partial charge in [-0.3, -0.25) is 0 Å². The summed E-state index contributed by atoms with van der Waals surface area (Å²) in [4.78, 5) is 11.8. The van der Waals surface area contributed by atoms with Crippen LogP contribution in [-0.2, 0) is 4.74 Å². The van der Waals surface area contributed by atoms with Crippen molar-refractivity contribution < 1.29 is 13.9 Å². The number of halogens is 1. The SMILES string of the molecule is CCCCCC1CCC2CC(c3ccc4cc(C(=O)OC)ccc4c3F)CCC2C1. The number of ether oxygens (including phenoxy) is 1. The number of unbranched alkanes of at least 4 members (excludes halogenated alkanes) is 2. The second-order valence-corrected chi connectivity index (χ2v) is 9.60. The number of hydrogen-bond donors (Lipinski definition) is 0. The molecule has 30 heavy (non-hydrogen) atoms. The first-order valence-corrected chi connectivity index (χ1v) is 11.9. The molecule has 0 aromatic heterocycles. The maximum atomic E-state index is 15.4. The van der Waals surface area contributed by atoms with Crippen LogP contribution in [-0.4, -0.2) is 13.1 Å². The maximum absolute atomic E-state index is 15.4. The molecule has 2 fully saturated rings. The van der Waals surface area contributed by atoms with Gasteiger partial charge in [-0.25, -0.2) is 9.18 Å². The minimum absolute atomic E-state index is 0.0967. The van der Waals surface area contributed by atoms with Crippen molar-refractivity contribution in [1.29, 1.82) is 0 Å². The highest BCUT2D eigenvalue weighted by Gasteiger charge is 2.36. The van der Waals surface area contributed by atoms with Gasteiger partial charge in [-0.1, -0.05) is 57.2 Å². The van der Waals surface area contributed by atoms with E-state index in [-0.39, 0.29) is 11.8 Å². The highest BCUT2D eigenvalue weighted by Crippen LogP contribution is 2.49. The van der Waals surface area contributed by atoms with Gasteiger partial charge in [0.1, 0.15) is 5.82 Å². The number of hydrogen-bond acceptors (Lipinski definition) is 2. The predicted octanol–water partition coefficient (Wildman–Crippen LogP) is 7.65. The van der Waals surface area contributed by atoms with E-state index >= 15 is 4.39 Å². The molecule has 4 atom stereocenters. The van der Waals surface area contributed by atoms with E-state index in [0.717, 1.165) is 41.5 Å². The molecule has 0 spiro atoms. The number of methoxy groups -OCH3 is 1. The van der Waals surface area contributed by atoms with Gasteiger partial charge in [0, 0.05) is 5.39 Å². The number of carbonyl (C=O) groups excluding carboxylic acids is 1. The Hall–Kier alpha value is -1.90. The lowest BCUT2D eigenvalue weighted by molar-refractivity contribution is 0.0601. The molecular weight excluding hydrogens is 375 g/mol. The minimum Gasteiger partial charge on any atom is -0.465 e. The van der Waals surface area contributed by atoms with Crippen LogP contribution >= 0.6 is 0 Å².